The van der Waals surface area contributed by atoms with E-state index in [1.165, 1.54) is 0 Å². The molecule has 1 unspecified atom stereocenters. The summed E-state index contributed by atoms with van der Waals surface area (Å²) in [6, 6.07) is 0.384. The van der Waals surface area contributed by atoms with E-state index in [-0.39, 0.29) is 11.2 Å². The van der Waals surface area contributed by atoms with Gasteiger partial charge >= 0.3 is 0 Å². The van der Waals surface area contributed by atoms with E-state index in [1.807, 2.05) is 0 Å². The van der Waals surface area contributed by atoms with Crippen LogP contribution < -0.4 is 5.73 Å². The van der Waals surface area contributed by atoms with Crippen LogP contribution in [0, 0.1) is 5.41 Å². The predicted octanol–water partition coefficient (Wildman–Crippen LogP) is 1.11. The molecule has 0 bridgehead atoms. The zero-order valence-electron chi connectivity index (χ0n) is 13.4. The molecule has 0 aromatic carbocycles. The third kappa shape index (κ3) is 5.31. The largest absolute Gasteiger partial charge is 0.329 e. The van der Waals surface area contributed by atoms with Gasteiger partial charge in [0.25, 0.3) is 0 Å². The number of sulfonamides is 1. The average molecular weight is 305 g/mol. The van der Waals surface area contributed by atoms with Crippen LogP contribution in [0.1, 0.15) is 40.5 Å². The van der Waals surface area contributed by atoms with Gasteiger partial charge in [-0.3, -0.25) is 4.90 Å². The first-order chi connectivity index (χ1) is 9.19. The molecule has 2 N–H and O–H groups in total. The standard InChI is InChI=1S/C14H31N3O2S/c1-5-13(12-15)16-7-9-17(10-8-16)20(18,19)11-6-14(2,3)4/h13H,5-12,15H2,1-4H3. The third-order valence-electron chi connectivity index (χ3n) is 4.04. The maximum Gasteiger partial charge on any atom is 0.214 e. The Bertz CT molecular complexity index is 378. The molecule has 0 aliphatic carbocycles. The SMILES string of the molecule is CCC(CN)N1CCN(S(=O)(=O)CCC(C)(C)C)CC1. The van der Waals surface area contributed by atoms with Gasteiger partial charge in [0.2, 0.25) is 10.0 Å². The van der Waals surface area contributed by atoms with E-state index in [0.717, 1.165) is 19.5 Å². The predicted molar refractivity (Wildman–Crippen MR) is 84.1 cm³/mol. The highest BCUT2D eigenvalue weighted by atomic mass is 32.2. The van der Waals surface area contributed by atoms with Crippen LogP contribution in [-0.2, 0) is 10.0 Å². The molecule has 0 aromatic heterocycles. The minimum Gasteiger partial charge on any atom is -0.329 e. The highest BCUT2D eigenvalue weighted by Gasteiger charge is 2.29. The number of hydrogen-bond acceptors (Lipinski definition) is 4. The van der Waals surface area contributed by atoms with Crippen LogP contribution in [0.3, 0.4) is 0 Å². The molecular weight excluding hydrogens is 274 g/mol. The van der Waals surface area contributed by atoms with Crippen molar-refractivity contribution in [2.45, 2.75) is 46.6 Å². The summed E-state index contributed by atoms with van der Waals surface area (Å²) >= 11 is 0. The second-order valence-electron chi connectivity index (χ2n) is 6.86. The van der Waals surface area contributed by atoms with Crippen LogP contribution >= 0.6 is 0 Å². The molecule has 1 aliphatic heterocycles. The van der Waals surface area contributed by atoms with Gasteiger partial charge in [0, 0.05) is 38.8 Å². The first kappa shape index (κ1) is 17.9. The first-order valence-electron chi connectivity index (χ1n) is 7.61. The van der Waals surface area contributed by atoms with Gasteiger partial charge in [-0.15, -0.1) is 0 Å². The maximum atomic E-state index is 12.3. The summed E-state index contributed by atoms with van der Waals surface area (Å²) in [7, 11) is -3.10. The topological polar surface area (TPSA) is 66.6 Å². The van der Waals surface area contributed by atoms with Gasteiger partial charge in [-0.05, 0) is 18.3 Å². The summed E-state index contributed by atoms with van der Waals surface area (Å²) in [6.07, 6.45) is 1.73. The van der Waals surface area contributed by atoms with Crippen molar-refractivity contribution in [3.63, 3.8) is 0 Å². The minimum atomic E-state index is -3.10. The van der Waals surface area contributed by atoms with E-state index in [0.29, 0.717) is 32.1 Å². The summed E-state index contributed by atoms with van der Waals surface area (Å²) in [5.41, 5.74) is 5.81. The summed E-state index contributed by atoms with van der Waals surface area (Å²) in [6.45, 7) is 11.8. The quantitative estimate of drug-likeness (QED) is 0.798. The fourth-order valence-electron chi connectivity index (χ4n) is 2.49. The molecule has 0 spiro atoms. The van der Waals surface area contributed by atoms with Gasteiger partial charge in [0.05, 0.1) is 5.75 Å². The number of nitrogens with zero attached hydrogens (tertiary/aromatic N) is 2. The van der Waals surface area contributed by atoms with Gasteiger partial charge in [-0.1, -0.05) is 27.7 Å². The van der Waals surface area contributed by atoms with E-state index in [1.54, 1.807) is 4.31 Å². The van der Waals surface area contributed by atoms with Crippen LogP contribution in [0.5, 0.6) is 0 Å². The summed E-state index contributed by atoms with van der Waals surface area (Å²) < 4.78 is 26.3. The smallest absolute Gasteiger partial charge is 0.214 e. The van der Waals surface area contributed by atoms with Gasteiger partial charge in [0.15, 0.2) is 0 Å². The molecule has 1 heterocycles. The Labute approximate surface area is 124 Å². The second kappa shape index (κ2) is 7.20. The molecule has 0 saturated carbocycles. The molecule has 1 fully saturated rings. The Morgan fingerprint density at radius 3 is 2.10 bits per heavy atom. The fourth-order valence-corrected chi connectivity index (χ4v) is 4.33. The van der Waals surface area contributed by atoms with Crippen molar-refractivity contribution in [1.29, 1.82) is 0 Å². The molecular formula is C14H31N3O2S. The average Bonchev–Trinajstić information content (AvgIpc) is 2.38. The van der Waals surface area contributed by atoms with Gasteiger partial charge in [-0.2, -0.15) is 4.31 Å². The lowest BCUT2D eigenvalue weighted by atomic mass is 9.94. The molecule has 1 rings (SSSR count). The van der Waals surface area contributed by atoms with Crippen LogP contribution in [0.15, 0.2) is 0 Å². The Hall–Kier alpha value is -0.170. The van der Waals surface area contributed by atoms with Crippen LogP contribution in [-0.4, -0.2) is 62.1 Å². The number of piperazine rings is 1. The molecule has 120 valence electrons. The van der Waals surface area contributed by atoms with Crippen LogP contribution in [0.4, 0.5) is 0 Å². The minimum absolute atomic E-state index is 0.0573. The number of hydrogen-bond donors (Lipinski definition) is 1. The monoisotopic (exact) mass is 305 g/mol. The lowest BCUT2D eigenvalue weighted by Gasteiger charge is -2.38. The zero-order valence-corrected chi connectivity index (χ0v) is 14.2. The van der Waals surface area contributed by atoms with E-state index < -0.39 is 10.0 Å². The van der Waals surface area contributed by atoms with Crippen molar-refractivity contribution in [2.75, 3.05) is 38.5 Å². The van der Waals surface area contributed by atoms with Crippen LogP contribution in [0.2, 0.25) is 0 Å². The van der Waals surface area contributed by atoms with Gasteiger partial charge < -0.3 is 5.73 Å². The molecule has 0 radical (unpaired) electrons. The fraction of sp³-hybridized carbons (Fsp3) is 1.00. The van der Waals surface area contributed by atoms with Crippen molar-refractivity contribution in [1.82, 2.24) is 9.21 Å². The molecule has 1 saturated heterocycles. The van der Waals surface area contributed by atoms with E-state index in [4.69, 9.17) is 5.73 Å². The summed E-state index contributed by atoms with van der Waals surface area (Å²) in [5, 5.41) is 0. The van der Waals surface area contributed by atoms with Crippen molar-refractivity contribution >= 4 is 10.0 Å². The van der Waals surface area contributed by atoms with E-state index >= 15 is 0 Å². The lowest BCUT2D eigenvalue weighted by molar-refractivity contribution is 0.137. The Morgan fingerprint density at radius 1 is 1.15 bits per heavy atom. The Kier molecular flexibility index (Phi) is 6.44. The van der Waals surface area contributed by atoms with Crippen LogP contribution in [0.25, 0.3) is 0 Å². The molecule has 6 heteroatoms. The van der Waals surface area contributed by atoms with Crippen molar-refractivity contribution in [3.8, 4) is 0 Å². The molecule has 5 nitrogen and oxygen atoms in total. The molecule has 0 aromatic rings. The third-order valence-corrected chi connectivity index (χ3v) is 5.91. The molecule has 20 heavy (non-hydrogen) atoms. The maximum absolute atomic E-state index is 12.3. The summed E-state index contributed by atoms with van der Waals surface area (Å²) in [4.78, 5) is 2.32. The number of rotatable bonds is 6. The highest BCUT2D eigenvalue weighted by Crippen LogP contribution is 2.21. The lowest BCUT2D eigenvalue weighted by Crippen LogP contribution is -2.53. The normalized spacial score (nSPS) is 21.1. The van der Waals surface area contributed by atoms with Crippen molar-refractivity contribution < 1.29 is 8.42 Å². The van der Waals surface area contributed by atoms with E-state index in [9.17, 15) is 8.42 Å². The van der Waals surface area contributed by atoms with Gasteiger partial charge in [0.1, 0.15) is 0 Å². The Morgan fingerprint density at radius 2 is 1.70 bits per heavy atom. The molecule has 1 aliphatic rings. The van der Waals surface area contributed by atoms with E-state index in [2.05, 4.69) is 32.6 Å². The van der Waals surface area contributed by atoms with Gasteiger partial charge in [-0.25, -0.2) is 8.42 Å². The molecule has 1 atom stereocenters. The molecule has 0 amide bonds. The number of nitrogens with two attached hydrogens (primary N) is 1. The summed E-state index contributed by atoms with van der Waals surface area (Å²) in [5.74, 6) is 0.255. The highest BCUT2D eigenvalue weighted by molar-refractivity contribution is 7.89. The second-order valence-corrected chi connectivity index (χ2v) is 8.95. The first-order valence-corrected chi connectivity index (χ1v) is 9.22. The van der Waals surface area contributed by atoms with Crippen molar-refractivity contribution in [2.24, 2.45) is 11.1 Å². The van der Waals surface area contributed by atoms with Crippen molar-refractivity contribution in [3.05, 3.63) is 0 Å². The zero-order chi connectivity index (χ0) is 15.4. The Balaban J connectivity index is 2.52.